The summed E-state index contributed by atoms with van der Waals surface area (Å²) in [5.41, 5.74) is 7.05. The molecule has 2 saturated carbocycles. The highest BCUT2D eigenvalue weighted by atomic mass is 19.1. The van der Waals surface area contributed by atoms with Crippen molar-refractivity contribution in [2.75, 3.05) is 23.7 Å². The van der Waals surface area contributed by atoms with Crippen LogP contribution in [0.3, 0.4) is 0 Å². The Morgan fingerprint density at radius 1 is 0.653 bits per heavy atom. The van der Waals surface area contributed by atoms with Gasteiger partial charge in [-0.3, -0.25) is 19.2 Å². The lowest BCUT2D eigenvalue weighted by Gasteiger charge is -2.29. The molecule has 9 rings (SSSR count). The van der Waals surface area contributed by atoms with Crippen LogP contribution in [0.1, 0.15) is 142 Å². The number of ketones is 1. The zero-order valence-corrected chi connectivity index (χ0v) is 43.2. The minimum absolute atomic E-state index is 0.0567. The number of carbonyl (C=O) groups excluding carboxylic acids is 4. The second-order valence-electron chi connectivity index (χ2n) is 21.4. The number of likely N-dealkylation sites (tertiary alicyclic amines) is 1. The molecule has 3 amide bonds. The normalized spacial score (nSPS) is 20.2. The van der Waals surface area contributed by atoms with Gasteiger partial charge < -0.3 is 24.7 Å². The SMILES string of the molecule is CCC(=O)C[C@@H]1CCC[C@H](C(=O)Nc2cc(-c3cc(F)c4ncn(C(C)C)c4c3)c(C)cn2)C1.Cc1cnc(NC(=O)[C@H]2CCC[C@@H](CC(=O)N3CC[C@H](C)C3)C2)cc1-c1cc(F)c2ncn(C(C)C)c2c1. The fourth-order valence-electron chi connectivity index (χ4n) is 11.0. The van der Waals surface area contributed by atoms with E-state index in [0.29, 0.717) is 47.8 Å². The molecule has 0 bridgehead atoms. The van der Waals surface area contributed by atoms with E-state index in [-0.39, 0.29) is 70.9 Å². The van der Waals surface area contributed by atoms with Crippen LogP contribution in [0.2, 0.25) is 0 Å². The van der Waals surface area contributed by atoms with E-state index in [2.05, 4.69) is 37.5 Å². The van der Waals surface area contributed by atoms with Crippen LogP contribution in [0.4, 0.5) is 20.4 Å². The third-order valence-electron chi connectivity index (χ3n) is 15.2. The van der Waals surface area contributed by atoms with Crippen LogP contribution >= 0.6 is 0 Å². The average molecular weight is 984 g/mol. The van der Waals surface area contributed by atoms with Gasteiger partial charge in [-0.1, -0.05) is 26.7 Å². The molecule has 15 heteroatoms. The minimum Gasteiger partial charge on any atom is -0.342 e. The minimum atomic E-state index is -0.372. The number of rotatable bonds is 13. The van der Waals surface area contributed by atoms with E-state index in [4.69, 9.17) is 0 Å². The van der Waals surface area contributed by atoms with Gasteiger partial charge in [0.15, 0.2) is 11.6 Å². The van der Waals surface area contributed by atoms with Gasteiger partial charge in [-0.15, -0.1) is 0 Å². The molecule has 5 atom stereocenters. The van der Waals surface area contributed by atoms with Crippen LogP contribution in [-0.2, 0) is 19.2 Å². The maximum atomic E-state index is 15.0. The van der Waals surface area contributed by atoms with Crippen molar-refractivity contribution in [2.45, 2.75) is 145 Å². The van der Waals surface area contributed by atoms with E-state index in [1.54, 1.807) is 25.0 Å². The van der Waals surface area contributed by atoms with Gasteiger partial charge in [0.25, 0.3) is 0 Å². The number of carbonyl (C=O) groups is 4. The van der Waals surface area contributed by atoms with Crippen molar-refractivity contribution in [3.05, 3.63) is 84.2 Å². The number of aryl methyl sites for hydroxylation is 2. The third-order valence-corrected chi connectivity index (χ3v) is 15.2. The number of nitrogens with one attached hydrogen (secondary N) is 2. The Kier molecular flexibility index (Phi) is 16.3. The number of halogens is 2. The van der Waals surface area contributed by atoms with Crippen LogP contribution in [0, 0.1) is 55.1 Å². The molecular weight excluding hydrogens is 913 g/mol. The molecule has 0 spiro atoms. The number of nitrogens with zero attached hydrogens (tertiary/aromatic N) is 7. The summed E-state index contributed by atoms with van der Waals surface area (Å²) in [5, 5.41) is 5.97. The number of anilines is 2. The molecule has 2 N–H and O–H groups in total. The summed E-state index contributed by atoms with van der Waals surface area (Å²) in [6.07, 6.45) is 16.5. The second-order valence-corrected chi connectivity index (χ2v) is 21.4. The van der Waals surface area contributed by atoms with Gasteiger partial charge in [0.05, 0.1) is 23.7 Å². The van der Waals surface area contributed by atoms with Crippen molar-refractivity contribution in [3.63, 3.8) is 0 Å². The predicted octanol–water partition coefficient (Wildman–Crippen LogP) is 12.4. The largest absolute Gasteiger partial charge is 0.342 e. The molecule has 2 aliphatic carbocycles. The topological polar surface area (TPSA) is 157 Å². The molecule has 3 aliphatic rings. The van der Waals surface area contributed by atoms with Gasteiger partial charge in [-0.05, 0) is 174 Å². The Labute approximate surface area is 422 Å². The van der Waals surface area contributed by atoms with E-state index < -0.39 is 0 Å². The lowest BCUT2D eigenvalue weighted by molar-refractivity contribution is -0.132. The number of fused-ring (bicyclic) bond motifs is 2. The molecule has 4 aromatic heterocycles. The number of aromatic nitrogens is 6. The van der Waals surface area contributed by atoms with Crippen LogP contribution < -0.4 is 10.6 Å². The van der Waals surface area contributed by atoms with Gasteiger partial charge >= 0.3 is 0 Å². The highest BCUT2D eigenvalue weighted by molar-refractivity contribution is 5.94. The Bertz CT molecular complexity index is 2960. The van der Waals surface area contributed by atoms with E-state index in [1.165, 1.54) is 12.1 Å². The van der Waals surface area contributed by atoms with Crippen molar-refractivity contribution >= 4 is 57.2 Å². The summed E-state index contributed by atoms with van der Waals surface area (Å²) in [6.45, 7) is 17.8. The fraction of sp³-hybridized carbons (Fsp3) is 0.509. The third kappa shape index (κ3) is 11.9. The van der Waals surface area contributed by atoms with Crippen molar-refractivity contribution in [3.8, 4) is 22.3 Å². The fourth-order valence-corrected chi connectivity index (χ4v) is 11.0. The zero-order valence-electron chi connectivity index (χ0n) is 43.2. The molecule has 13 nitrogen and oxygen atoms in total. The summed E-state index contributed by atoms with van der Waals surface area (Å²) in [7, 11) is 0. The quantitative estimate of drug-likeness (QED) is 0.116. The molecule has 0 unspecified atom stereocenters. The Hall–Kier alpha value is -6.38. The summed E-state index contributed by atoms with van der Waals surface area (Å²) in [4.78, 5) is 70.2. The summed E-state index contributed by atoms with van der Waals surface area (Å²) in [5.74, 6) is 1.38. The highest BCUT2D eigenvalue weighted by Gasteiger charge is 2.32. The number of Topliss-reactive ketones (excluding diaryl/α,β-unsaturated/α-hetero) is 1. The first-order valence-corrected chi connectivity index (χ1v) is 26.1. The molecule has 6 aromatic rings. The van der Waals surface area contributed by atoms with Gasteiger partial charge in [0.1, 0.15) is 28.5 Å². The average Bonchev–Trinajstić information content (AvgIpc) is 4.12. The van der Waals surface area contributed by atoms with Crippen molar-refractivity contribution in [2.24, 2.45) is 29.6 Å². The molecule has 1 saturated heterocycles. The van der Waals surface area contributed by atoms with Crippen LogP contribution in [0.5, 0.6) is 0 Å². The van der Waals surface area contributed by atoms with Gasteiger partial charge in [0.2, 0.25) is 17.7 Å². The molecule has 0 radical (unpaired) electrons. The maximum absolute atomic E-state index is 15.0. The van der Waals surface area contributed by atoms with Crippen molar-refractivity contribution in [1.82, 2.24) is 34.0 Å². The molecule has 5 heterocycles. The Morgan fingerprint density at radius 2 is 1.12 bits per heavy atom. The number of benzene rings is 2. The monoisotopic (exact) mass is 984 g/mol. The molecule has 3 fully saturated rings. The number of hydrogen-bond acceptors (Lipinski definition) is 8. The number of hydrogen-bond donors (Lipinski definition) is 2. The van der Waals surface area contributed by atoms with Gasteiger partial charge in [0, 0.05) is 68.7 Å². The Balaban J connectivity index is 0.000000194. The van der Waals surface area contributed by atoms with Crippen LogP contribution in [0.15, 0.2) is 61.4 Å². The van der Waals surface area contributed by atoms with Crippen LogP contribution in [0.25, 0.3) is 44.3 Å². The van der Waals surface area contributed by atoms with E-state index in [0.717, 1.165) is 115 Å². The smallest absolute Gasteiger partial charge is 0.228 e. The number of imidazole rings is 2. The van der Waals surface area contributed by atoms with Crippen molar-refractivity contribution < 1.29 is 28.0 Å². The summed E-state index contributed by atoms with van der Waals surface area (Å²) < 4.78 is 33.7. The van der Waals surface area contributed by atoms with E-state index >= 15 is 0 Å². The van der Waals surface area contributed by atoms with Gasteiger partial charge in [-0.2, -0.15) is 0 Å². The summed E-state index contributed by atoms with van der Waals surface area (Å²) in [6, 6.07) is 10.8. The molecule has 382 valence electrons. The lowest BCUT2D eigenvalue weighted by Crippen LogP contribution is -2.33. The van der Waals surface area contributed by atoms with Crippen LogP contribution in [-0.4, -0.2) is 70.6 Å². The standard InChI is InChI=1S/C30H38FN5O2.C27H33FN4O2/c1-18(2)36-17-33-29-25(31)12-23(13-26(29)36)24-14-27(32-15-20(24)4)34-30(38)22-7-5-6-21(10-22)11-28(37)35-9-8-19(3)16-35;1-5-21(33)10-18-7-6-8-19(9-18)27(34)31-25-13-22(17(4)14-29-25)20-11-23(28)26-24(12-20)32(15-30-26)16(2)3/h12-15,17-19,21-22H,5-11,16H2,1-4H3,(H,32,34,38);11-16,18-19H,5-10H2,1-4H3,(H,29,31,34)/t19-,21+,22-;18-,19+/m01/s1. The molecule has 1 aliphatic heterocycles. The molecular formula is C57H71F2N9O4. The lowest BCUT2D eigenvalue weighted by atomic mass is 9.78. The first-order chi connectivity index (χ1) is 34.5. The van der Waals surface area contributed by atoms with Crippen molar-refractivity contribution in [1.29, 1.82) is 0 Å². The van der Waals surface area contributed by atoms with Gasteiger partial charge in [-0.25, -0.2) is 28.7 Å². The number of amides is 3. The van der Waals surface area contributed by atoms with E-state index in [9.17, 15) is 28.0 Å². The first kappa shape index (κ1) is 52.0. The second kappa shape index (κ2) is 22.6. The Morgan fingerprint density at radius 3 is 1.56 bits per heavy atom. The highest BCUT2D eigenvalue weighted by Crippen LogP contribution is 2.37. The zero-order chi connectivity index (χ0) is 51.4. The summed E-state index contributed by atoms with van der Waals surface area (Å²) >= 11 is 0. The molecule has 72 heavy (non-hydrogen) atoms. The maximum Gasteiger partial charge on any atom is 0.228 e. The van der Waals surface area contributed by atoms with E-state index in [1.807, 2.05) is 86.8 Å². The molecule has 2 aromatic carbocycles. The first-order valence-electron chi connectivity index (χ1n) is 26.1. The predicted molar refractivity (Wildman–Crippen MR) is 279 cm³/mol. The number of pyridine rings is 2.